The van der Waals surface area contributed by atoms with Gasteiger partial charge in [-0.25, -0.2) is 4.79 Å². The molecule has 3 heteroatoms. The van der Waals surface area contributed by atoms with E-state index in [2.05, 4.69) is 9.73 Å². The number of hydrogen-bond donors (Lipinski definition) is 0. The molecule has 0 aromatic heterocycles. The average molecular weight is 265 g/mol. The Hall–Kier alpha value is -2.68. The van der Waals surface area contributed by atoms with E-state index in [0.29, 0.717) is 5.56 Å². The SMILES string of the molecule is COC(=O)c1ccc(/C=C/C=N/c2ccccc2)cc1. The van der Waals surface area contributed by atoms with Crippen molar-refractivity contribution in [3.05, 3.63) is 71.8 Å². The van der Waals surface area contributed by atoms with E-state index >= 15 is 0 Å². The molecule has 20 heavy (non-hydrogen) atoms. The number of rotatable bonds is 4. The number of aliphatic imine (C=N–C) groups is 1. The van der Waals surface area contributed by atoms with E-state index < -0.39 is 0 Å². The Labute approximate surface area is 118 Å². The molecule has 0 radical (unpaired) electrons. The van der Waals surface area contributed by atoms with E-state index in [1.165, 1.54) is 7.11 Å². The highest BCUT2D eigenvalue weighted by molar-refractivity contribution is 5.89. The van der Waals surface area contributed by atoms with Crippen LogP contribution in [0.25, 0.3) is 6.08 Å². The third-order valence-corrected chi connectivity index (χ3v) is 2.69. The van der Waals surface area contributed by atoms with Gasteiger partial charge in [0.1, 0.15) is 0 Å². The second-order valence-corrected chi connectivity index (χ2v) is 4.09. The van der Waals surface area contributed by atoms with Crippen LogP contribution in [0.2, 0.25) is 0 Å². The molecule has 0 aliphatic rings. The summed E-state index contributed by atoms with van der Waals surface area (Å²) in [6, 6.07) is 16.9. The molecule has 0 amide bonds. The topological polar surface area (TPSA) is 38.7 Å². The van der Waals surface area contributed by atoms with Gasteiger partial charge in [0.15, 0.2) is 0 Å². The molecule has 0 aliphatic heterocycles. The van der Waals surface area contributed by atoms with Gasteiger partial charge in [-0.05, 0) is 35.9 Å². The molecule has 0 fully saturated rings. The summed E-state index contributed by atoms with van der Waals surface area (Å²) < 4.78 is 4.65. The maximum atomic E-state index is 11.3. The Balaban J connectivity index is 1.98. The first-order chi connectivity index (χ1) is 9.79. The van der Waals surface area contributed by atoms with Crippen molar-refractivity contribution < 1.29 is 9.53 Å². The number of carbonyl (C=O) groups excluding carboxylic acids is 1. The van der Waals surface area contributed by atoms with Gasteiger partial charge in [-0.15, -0.1) is 0 Å². The van der Waals surface area contributed by atoms with Crippen LogP contribution in [-0.2, 0) is 4.74 Å². The van der Waals surface area contributed by atoms with Gasteiger partial charge in [0.05, 0.1) is 18.4 Å². The van der Waals surface area contributed by atoms with Crippen LogP contribution in [0.4, 0.5) is 5.69 Å². The number of methoxy groups -OCH3 is 1. The van der Waals surface area contributed by atoms with Gasteiger partial charge >= 0.3 is 5.97 Å². The summed E-state index contributed by atoms with van der Waals surface area (Å²) in [6.07, 6.45) is 5.52. The van der Waals surface area contributed by atoms with E-state index in [9.17, 15) is 4.79 Å². The van der Waals surface area contributed by atoms with Crippen molar-refractivity contribution in [1.82, 2.24) is 0 Å². The van der Waals surface area contributed by atoms with Crippen molar-refractivity contribution >= 4 is 23.9 Å². The van der Waals surface area contributed by atoms with Crippen LogP contribution in [0.15, 0.2) is 65.7 Å². The minimum atomic E-state index is -0.328. The van der Waals surface area contributed by atoms with Gasteiger partial charge in [-0.2, -0.15) is 0 Å². The molecule has 2 rings (SSSR count). The van der Waals surface area contributed by atoms with Crippen LogP contribution in [0.1, 0.15) is 15.9 Å². The molecule has 0 aliphatic carbocycles. The maximum absolute atomic E-state index is 11.3. The van der Waals surface area contributed by atoms with Gasteiger partial charge in [0, 0.05) is 6.21 Å². The van der Waals surface area contributed by atoms with Crippen molar-refractivity contribution in [2.75, 3.05) is 7.11 Å². The fraction of sp³-hybridized carbons (Fsp3) is 0.0588. The molecule has 0 N–H and O–H groups in total. The smallest absolute Gasteiger partial charge is 0.337 e. The molecule has 0 bridgehead atoms. The monoisotopic (exact) mass is 265 g/mol. The van der Waals surface area contributed by atoms with Crippen molar-refractivity contribution in [1.29, 1.82) is 0 Å². The molecular formula is C17H15NO2. The number of nitrogens with zero attached hydrogens (tertiary/aromatic N) is 1. The first-order valence-corrected chi connectivity index (χ1v) is 6.24. The molecule has 0 unspecified atom stereocenters. The van der Waals surface area contributed by atoms with Crippen LogP contribution in [0.5, 0.6) is 0 Å². The molecule has 3 nitrogen and oxygen atoms in total. The normalized spacial score (nSPS) is 11.1. The predicted octanol–water partition coefficient (Wildman–Crippen LogP) is 3.89. The van der Waals surface area contributed by atoms with E-state index in [1.807, 2.05) is 54.6 Å². The van der Waals surface area contributed by atoms with Gasteiger partial charge in [0.25, 0.3) is 0 Å². The predicted molar refractivity (Wildman–Crippen MR) is 81.4 cm³/mol. The van der Waals surface area contributed by atoms with Gasteiger partial charge in [-0.3, -0.25) is 4.99 Å². The number of para-hydroxylation sites is 1. The van der Waals surface area contributed by atoms with Crippen LogP contribution < -0.4 is 0 Å². The zero-order chi connectivity index (χ0) is 14.2. The summed E-state index contributed by atoms with van der Waals surface area (Å²) in [6.45, 7) is 0. The number of carbonyl (C=O) groups is 1. The molecule has 0 saturated heterocycles. The first kappa shape index (κ1) is 13.7. The fourth-order valence-electron chi connectivity index (χ4n) is 1.65. The summed E-state index contributed by atoms with van der Waals surface area (Å²) in [5.41, 5.74) is 2.46. The largest absolute Gasteiger partial charge is 0.465 e. The van der Waals surface area contributed by atoms with Crippen molar-refractivity contribution in [2.45, 2.75) is 0 Å². The lowest BCUT2D eigenvalue weighted by atomic mass is 10.1. The van der Waals surface area contributed by atoms with Crippen LogP contribution >= 0.6 is 0 Å². The van der Waals surface area contributed by atoms with Crippen molar-refractivity contribution in [3.8, 4) is 0 Å². The van der Waals surface area contributed by atoms with Crippen LogP contribution in [-0.4, -0.2) is 19.3 Å². The number of allylic oxidation sites excluding steroid dienone is 1. The third-order valence-electron chi connectivity index (χ3n) is 2.69. The molecule has 2 aromatic rings. The minimum Gasteiger partial charge on any atom is -0.465 e. The Kier molecular flexibility index (Phi) is 4.84. The minimum absolute atomic E-state index is 0.328. The molecule has 2 aromatic carbocycles. The van der Waals surface area contributed by atoms with Gasteiger partial charge < -0.3 is 4.74 Å². The van der Waals surface area contributed by atoms with Crippen molar-refractivity contribution in [3.63, 3.8) is 0 Å². The van der Waals surface area contributed by atoms with Crippen molar-refractivity contribution in [2.24, 2.45) is 4.99 Å². The standard InChI is InChI=1S/C17H15NO2/c1-20-17(19)15-11-9-14(10-12-15)6-5-13-18-16-7-3-2-4-8-16/h2-13H,1H3/b6-5+,18-13+. The lowest BCUT2D eigenvalue weighted by Gasteiger charge is -1.98. The second-order valence-electron chi connectivity index (χ2n) is 4.09. The third kappa shape index (κ3) is 3.92. The highest BCUT2D eigenvalue weighted by Crippen LogP contribution is 2.09. The van der Waals surface area contributed by atoms with Gasteiger partial charge in [0.2, 0.25) is 0 Å². The van der Waals surface area contributed by atoms with E-state index in [4.69, 9.17) is 0 Å². The average Bonchev–Trinajstić information content (AvgIpc) is 2.52. The first-order valence-electron chi connectivity index (χ1n) is 6.24. The molecular weight excluding hydrogens is 250 g/mol. The summed E-state index contributed by atoms with van der Waals surface area (Å²) in [7, 11) is 1.37. The summed E-state index contributed by atoms with van der Waals surface area (Å²) in [4.78, 5) is 15.6. The maximum Gasteiger partial charge on any atom is 0.337 e. The molecule has 0 heterocycles. The van der Waals surface area contributed by atoms with E-state index in [-0.39, 0.29) is 5.97 Å². The molecule has 0 saturated carbocycles. The summed E-state index contributed by atoms with van der Waals surface area (Å²) >= 11 is 0. The lowest BCUT2D eigenvalue weighted by molar-refractivity contribution is 0.0601. The zero-order valence-electron chi connectivity index (χ0n) is 11.2. The summed E-state index contributed by atoms with van der Waals surface area (Å²) in [5.74, 6) is -0.328. The Bertz CT molecular complexity index is 613. The van der Waals surface area contributed by atoms with E-state index in [0.717, 1.165) is 11.3 Å². The Morgan fingerprint density at radius 3 is 2.40 bits per heavy atom. The van der Waals surface area contributed by atoms with Gasteiger partial charge in [-0.1, -0.05) is 36.4 Å². The zero-order valence-corrected chi connectivity index (χ0v) is 11.2. The highest BCUT2D eigenvalue weighted by Gasteiger charge is 2.02. The Morgan fingerprint density at radius 2 is 1.75 bits per heavy atom. The molecule has 0 spiro atoms. The highest BCUT2D eigenvalue weighted by atomic mass is 16.5. The quantitative estimate of drug-likeness (QED) is 0.621. The van der Waals surface area contributed by atoms with Crippen LogP contribution in [0, 0.1) is 0 Å². The number of hydrogen-bond acceptors (Lipinski definition) is 3. The number of esters is 1. The van der Waals surface area contributed by atoms with E-state index in [1.54, 1.807) is 18.3 Å². The number of ether oxygens (including phenoxy) is 1. The van der Waals surface area contributed by atoms with Crippen LogP contribution in [0.3, 0.4) is 0 Å². The fourth-order valence-corrected chi connectivity index (χ4v) is 1.65. The lowest BCUT2D eigenvalue weighted by Crippen LogP contribution is -2.00. The molecule has 0 atom stereocenters. The number of benzene rings is 2. The summed E-state index contributed by atoms with van der Waals surface area (Å²) in [5, 5.41) is 0. The Morgan fingerprint density at radius 1 is 1.05 bits per heavy atom. The second kappa shape index (κ2) is 7.04. The molecule has 100 valence electrons.